The fourth-order valence-corrected chi connectivity index (χ4v) is 3.06. The summed E-state index contributed by atoms with van der Waals surface area (Å²) in [5.41, 5.74) is 5.51. The summed E-state index contributed by atoms with van der Waals surface area (Å²) in [7, 11) is 1.08. The molecule has 2 aromatic carbocycles. The molecule has 4 heteroatoms. The molecule has 2 aromatic rings. The van der Waals surface area contributed by atoms with Crippen LogP contribution in [0.4, 0.5) is 0 Å². The van der Waals surface area contributed by atoms with Crippen LogP contribution >= 0.6 is 0 Å². The number of hydrogen-bond acceptors (Lipinski definition) is 0. The zero-order chi connectivity index (χ0) is 14.7. The second-order valence-corrected chi connectivity index (χ2v) is 6.43. The van der Waals surface area contributed by atoms with Crippen LogP contribution in [0.5, 0.6) is 0 Å². The van der Waals surface area contributed by atoms with Gasteiger partial charge in [-0.15, -0.1) is 11.6 Å². The van der Waals surface area contributed by atoms with Crippen LogP contribution < -0.4 is 24.8 Å². The van der Waals surface area contributed by atoms with E-state index >= 15 is 0 Å². The van der Waals surface area contributed by atoms with Gasteiger partial charge in [0.15, 0.2) is 0 Å². The predicted molar refractivity (Wildman–Crippen MR) is 92.6 cm³/mol. The van der Waals surface area contributed by atoms with Gasteiger partial charge in [0.1, 0.15) is 0 Å². The van der Waals surface area contributed by atoms with Crippen LogP contribution in [0.3, 0.4) is 0 Å². The van der Waals surface area contributed by atoms with Crippen LogP contribution in [0, 0.1) is 6.08 Å². The molecule has 0 saturated carbocycles. The summed E-state index contributed by atoms with van der Waals surface area (Å²) in [4.78, 5) is 0. The van der Waals surface area contributed by atoms with Crippen molar-refractivity contribution in [2.24, 2.45) is 0 Å². The van der Waals surface area contributed by atoms with Crippen molar-refractivity contribution >= 4 is 21.7 Å². The third-order valence-electron chi connectivity index (χ3n) is 3.95. The van der Waals surface area contributed by atoms with E-state index in [2.05, 4.69) is 85.9 Å². The van der Waals surface area contributed by atoms with Crippen LogP contribution in [-0.4, -0.2) is 9.52 Å². The topological polar surface area (TPSA) is 0 Å². The van der Waals surface area contributed by atoms with Crippen molar-refractivity contribution in [2.75, 3.05) is 0 Å². The molecule has 0 bridgehead atoms. The van der Waals surface area contributed by atoms with Crippen molar-refractivity contribution < 1.29 is 51.0 Å². The van der Waals surface area contributed by atoms with Gasteiger partial charge in [-0.2, -0.15) is 5.56 Å². The normalized spacial score (nSPS) is 18.1. The zero-order valence-corrected chi connectivity index (χ0v) is 18.7. The first-order valence-corrected chi connectivity index (χ1v) is 9.39. The first-order valence-electron chi connectivity index (χ1n) is 7.39. The predicted octanol–water partition coefficient (Wildman–Crippen LogP) is -0.797. The molecule has 0 fully saturated rings. The molecule has 0 aromatic heterocycles. The van der Waals surface area contributed by atoms with Crippen LogP contribution in [0.25, 0.3) is 12.2 Å². The molecule has 2 aliphatic carbocycles. The molecular weight excluding hydrogens is 430 g/mol. The van der Waals surface area contributed by atoms with E-state index in [9.17, 15) is 0 Å². The number of benzene rings is 2. The molecule has 0 heterocycles. The summed E-state index contributed by atoms with van der Waals surface area (Å²) in [6, 6.07) is 17.3. The SMILES string of the molecule is C[Si]C.[C-]1=Cc2ccccc2C1C1C=Cc2ccccc21.[Cl-].[Cl-].[Zr+3]. The van der Waals surface area contributed by atoms with E-state index in [1.54, 1.807) is 0 Å². The van der Waals surface area contributed by atoms with Crippen LogP contribution in [-0.2, 0) is 26.2 Å². The molecule has 0 spiro atoms. The molecule has 0 nitrogen and oxygen atoms in total. The second-order valence-electron chi connectivity index (χ2n) is 5.43. The molecule has 2 atom stereocenters. The number of fused-ring (bicyclic) bond motifs is 2. The van der Waals surface area contributed by atoms with Gasteiger partial charge in [-0.25, -0.2) is 6.08 Å². The van der Waals surface area contributed by atoms with E-state index in [0.717, 1.165) is 9.52 Å². The second kappa shape index (κ2) is 11.3. The standard InChI is InChI=1S/C18H13.C2H6Si.2ClH.Zr/c1-3-7-15-13(5-1)9-11-17(15)18-12-10-14-6-2-4-8-16(14)18;1-3-2;;;/h1-11,17-18H;1-2H3;2*1H;/q-1;;;;+3/p-2. The number of rotatable bonds is 1. The van der Waals surface area contributed by atoms with E-state index in [0.29, 0.717) is 11.8 Å². The average Bonchev–Trinajstić information content (AvgIpc) is 3.11. The average molecular weight is 450 g/mol. The summed E-state index contributed by atoms with van der Waals surface area (Å²) >= 11 is 0. The van der Waals surface area contributed by atoms with Gasteiger partial charge in [-0.05, 0) is 17.0 Å². The Morgan fingerprint density at radius 3 is 2.04 bits per heavy atom. The Balaban J connectivity index is 0.000000827. The Morgan fingerprint density at radius 2 is 1.38 bits per heavy atom. The van der Waals surface area contributed by atoms with E-state index in [4.69, 9.17) is 0 Å². The van der Waals surface area contributed by atoms with E-state index in [-0.39, 0.29) is 51.0 Å². The molecule has 24 heavy (non-hydrogen) atoms. The van der Waals surface area contributed by atoms with Crippen molar-refractivity contribution in [1.82, 2.24) is 0 Å². The molecule has 2 aliphatic rings. The maximum absolute atomic E-state index is 3.53. The van der Waals surface area contributed by atoms with Gasteiger partial charge in [0.25, 0.3) is 0 Å². The van der Waals surface area contributed by atoms with Gasteiger partial charge in [0.2, 0.25) is 0 Å². The van der Waals surface area contributed by atoms with Gasteiger partial charge in [-0.3, -0.25) is 6.08 Å². The third kappa shape index (κ3) is 4.82. The summed E-state index contributed by atoms with van der Waals surface area (Å²) in [6.45, 7) is 4.31. The Morgan fingerprint density at radius 1 is 0.833 bits per heavy atom. The number of halogens is 2. The molecule has 2 unspecified atom stereocenters. The molecular formula is C20H19Cl2SiZr. The van der Waals surface area contributed by atoms with Crippen LogP contribution in [0.2, 0.25) is 13.1 Å². The number of allylic oxidation sites excluding steroid dienone is 2. The number of hydrogen-bond donors (Lipinski definition) is 0. The first kappa shape index (κ1) is 23.6. The smallest absolute Gasteiger partial charge is 1.00 e. The Bertz CT molecular complexity index is 638. The first-order chi connectivity index (χ1) is 10.3. The largest absolute Gasteiger partial charge is 3.00 e. The van der Waals surface area contributed by atoms with Crippen molar-refractivity contribution in [2.45, 2.75) is 24.9 Å². The third-order valence-corrected chi connectivity index (χ3v) is 3.95. The van der Waals surface area contributed by atoms with E-state index in [1.165, 1.54) is 22.3 Å². The Kier molecular flexibility index (Phi) is 11.1. The van der Waals surface area contributed by atoms with Gasteiger partial charge in [-0.1, -0.05) is 73.6 Å². The molecule has 3 radical (unpaired) electrons. The van der Waals surface area contributed by atoms with Crippen molar-refractivity contribution in [3.8, 4) is 0 Å². The Hall–Kier alpha value is -0.400. The molecule has 4 rings (SSSR count). The van der Waals surface area contributed by atoms with Crippen LogP contribution in [0.1, 0.15) is 34.1 Å². The van der Waals surface area contributed by atoms with Crippen molar-refractivity contribution in [3.05, 3.63) is 82.9 Å². The Labute approximate surface area is 179 Å². The minimum Gasteiger partial charge on any atom is -1.00 e. The summed E-state index contributed by atoms with van der Waals surface area (Å²) in [6.07, 6.45) is 10.2. The fraction of sp³-hybridized carbons (Fsp3) is 0.200. The molecule has 121 valence electrons. The van der Waals surface area contributed by atoms with Gasteiger partial charge < -0.3 is 24.8 Å². The van der Waals surface area contributed by atoms with E-state index < -0.39 is 0 Å². The summed E-state index contributed by atoms with van der Waals surface area (Å²) in [5, 5.41) is 0. The van der Waals surface area contributed by atoms with Crippen LogP contribution in [0.15, 0.2) is 54.6 Å². The fourth-order valence-electron chi connectivity index (χ4n) is 3.06. The minimum absolute atomic E-state index is 0. The zero-order valence-electron chi connectivity index (χ0n) is 13.8. The maximum Gasteiger partial charge on any atom is 3.00 e. The van der Waals surface area contributed by atoms with Crippen molar-refractivity contribution in [1.29, 1.82) is 0 Å². The maximum atomic E-state index is 3.53. The van der Waals surface area contributed by atoms with E-state index in [1.807, 2.05) is 0 Å². The van der Waals surface area contributed by atoms with Gasteiger partial charge >= 0.3 is 26.2 Å². The summed E-state index contributed by atoms with van der Waals surface area (Å²) < 4.78 is 0. The molecule has 0 amide bonds. The van der Waals surface area contributed by atoms with Gasteiger partial charge in [0, 0.05) is 9.52 Å². The monoisotopic (exact) mass is 447 g/mol. The van der Waals surface area contributed by atoms with Gasteiger partial charge in [0.05, 0.1) is 0 Å². The summed E-state index contributed by atoms with van der Waals surface area (Å²) in [5.74, 6) is 0.821. The quantitative estimate of drug-likeness (QED) is 0.395. The molecule has 0 N–H and O–H groups in total. The minimum atomic E-state index is 0. The van der Waals surface area contributed by atoms with Crippen molar-refractivity contribution in [3.63, 3.8) is 0 Å². The molecule has 0 aliphatic heterocycles. The molecule has 0 saturated heterocycles.